The second kappa shape index (κ2) is 5.49. The van der Waals surface area contributed by atoms with Crippen molar-refractivity contribution in [3.63, 3.8) is 0 Å². The molecule has 0 spiro atoms. The van der Waals surface area contributed by atoms with Crippen LogP contribution in [-0.4, -0.2) is 12.1 Å². The monoisotopic (exact) mass is 398 g/mol. The van der Waals surface area contributed by atoms with E-state index in [0.717, 1.165) is 15.0 Å². The summed E-state index contributed by atoms with van der Waals surface area (Å²) in [5, 5.41) is 1.67. The molecule has 0 fully saturated rings. The minimum atomic E-state index is -4.76. The van der Waals surface area contributed by atoms with Crippen molar-refractivity contribution in [1.29, 1.82) is 0 Å². The van der Waals surface area contributed by atoms with Crippen molar-refractivity contribution in [1.82, 2.24) is 0 Å². The highest BCUT2D eigenvalue weighted by atomic mass is 127. The van der Waals surface area contributed by atoms with Crippen molar-refractivity contribution in [3.8, 4) is 5.75 Å². The standard InChI is InChI=1S/C12H6F3IO2S/c13-12(14,15)18-9-3-1-2-7(4-9)11(17)8-5-10(16)19-6-8/h1-6H. The number of halogens is 4. The summed E-state index contributed by atoms with van der Waals surface area (Å²) in [6.07, 6.45) is -4.76. The van der Waals surface area contributed by atoms with Crippen molar-refractivity contribution in [3.05, 3.63) is 49.7 Å². The van der Waals surface area contributed by atoms with Crippen LogP contribution < -0.4 is 4.74 Å². The van der Waals surface area contributed by atoms with Gasteiger partial charge in [-0.05, 0) is 40.8 Å². The summed E-state index contributed by atoms with van der Waals surface area (Å²) in [6, 6.07) is 6.73. The zero-order valence-electron chi connectivity index (χ0n) is 9.20. The van der Waals surface area contributed by atoms with Crippen LogP contribution in [0.5, 0.6) is 5.75 Å². The molecule has 1 aromatic heterocycles. The van der Waals surface area contributed by atoms with Gasteiger partial charge in [-0.1, -0.05) is 12.1 Å². The third-order valence-corrected chi connectivity index (χ3v) is 3.95. The lowest BCUT2D eigenvalue weighted by Gasteiger charge is -2.09. The van der Waals surface area contributed by atoms with Gasteiger partial charge in [0.25, 0.3) is 0 Å². The summed E-state index contributed by atoms with van der Waals surface area (Å²) in [5.74, 6) is -0.727. The number of carbonyl (C=O) groups excluding carboxylic acids is 1. The Labute approximate surface area is 124 Å². The number of hydrogen-bond acceptors (Lipinski definition) is 3. The van der Waals surface area contributed by atoms with E-state index >= 15 is 0 Å². The smallest absolute Gasteiger partial charge is 0.406 e. The minimum absolute atomic E-state index is 0.163. The highest BCUT2D eigenvalue weighted by molar-refractivity contribution is 14.1. The molecule has 0 bridgehead atoms. The SMILES string of the molecule is O=C(c1cccc(OC(F)(F)F)c1)c1csc(I)c1. The molecule has 100 valence electrons. The second-order valence-corrected chi connectivity index (χ2v) is 6.35. The van der Waals surface area contributed by atoms with Crippen LogP contribution in [0.25, 0.3) is 0 Å². The zero-order valence-corrected chi connectivity index (χ0v) is 12.2. The Kier molecular flexibility index (Phi) is 4.14. The van der Waals surface area contributed by atoms with Crippen molar-refractivity contribution >= 4 is 39.7 Å². The van der Waals surface area contributed by atoms with Gasteiger partial charge in [-0.2, -0.15) is 0 Å². The molecule has 0 N–H and O–H groups in total. The molecule has 0 saturated heterocycles. The van der Waals surface area contributed by atoms with E-state index in [2.05, 4.69) is 27.3 Å². The van der Waals surface area contributed by atoms with Gasteiger partial charge in [-0.25, -0.2) is 0 Å². The number of carbonyl (C=O) groups is 1. The predicted molar refractivity (Wildman–Crippen MR) is 73.6 cm³/mol. The molecule has 7 heteroatoms. The summed E-state index contributed by atoms with van der Waals surface area (Å²) >= 11 is 3.47. The van der Waals surface area contributed by atoms with E-state index in [-0.39, 0.29) is 11.3 Å². The molecule has 0 unspecified atom stereocenters. The summed E-state index contributed by atoms with van der Waals surface area (Å²) in [4.78, 5) is 12.0. The average molecular weight is 398 g/mol. The Balaban J connectivity index is 2.26. The first-order valence-electron chi connectivity index (χ1n) is 5.00. The molecule has 2 aromatic rings. The van der Waals surface area contributed by atoms with E-state index in [9.17, 15) is 18.0 Å². The molecule has 0 saturated carbocycles. The van der Waals surface area contributed by atoms with E-state index in [4.69, 9.17) is 0 Å². The quantitative estimate of drug-likeness (QED) is 0.563. The fourth-order valence-corrected chi connectivity index (χ4v) is 2.76. The molecule has 0 amide bonds. The van der Waals surface area contributed by atoms with Crippen LogP contribution in [0.3, 0.4) is 0 Å². The molecule has 0 radical (unpaired) electrons. The van der Waals surface area contributed by atoms with Gasteiger partial charge in [0.1, 0.15) is 5.75 Å². The molecular weight excluding hydrogens is 392 g/mol. The molecule has 0 atom stereocenters. The number of ketones is 1. The lowest BCUT2D eigenvalue weighted by molar-refractivity contribution is -0.274. The molecule has 1 aromatic carbocycles. The summed E-state index contributed by atoms with van der Waals surface area (Å²) in [7, 11) is 0. The molecule has 2 rings (SSSR count). The van der Waals surface area contributed by atoms with Gasteiger partial charge in [0.15, 0.2) is 5.78 Å². The number of benzene rings is 1. The fourth-order valence-electron chi connectivity index (χ4n) is 1.43. The maximum absolute atomic E-state index is 12.1. The van der Waals surface area contributed by atoms with Crippen molar-refractivity contribution in [2.45, 2.75) is 6.36 Å². The van der Waals surface area contributed by atoms with E-state index in [0.29, 0.717) is 5.56 Å². The van der Waals surface area contributed by atoms with Crippen molar-refractivity contribution in [2.75, 3.05) is 0 Å². The van der Waals surface area contributed by atoms with Gasteiger partial charge < -0.3 is 4.74 Å². The molecule has 0 aliphatic rings. The van der Waals surface area contributed by atoms with Gasteiger partial charge >= 0.3 is 6.36 Å². The van der Waals surface area contributed by atoms with Gasteiger partial charge in [0.05, 0.1) is 2.88 Å². The third-order valence-electron chi connectivity index (χ3n) is 2.16. The lowest BCUT2D eigenvalue weighted by Crippen LogP contribution is -2.17. The highest BCUT2D eigenvalue weighted by Gasteiger charge is 2.31. The molecular formula is C12H6F3IO2S. The lowest BCUT2D eigenvalue weighted by atomic mass is 10.1. The van der Waals surface area contributed by atoms with E-state index in [1.165, 1.54) is 23.5 Å². The first-order valence-corrected chi connectivity index (χ1v) is 6.95. The predicted octanol–water partition coefficient (Wildman–Crippen LogP) is 4.48. The number of alkyl halides is 3. The molecule has 1 heterocycles. The van der Waals surface area contributed by atoms with Crippen LogP contribution in [-0.2, 0) is 0 Å². The molecule has 19 heavy (non-hydrogen) atoms. The van der Waals surface area contributed by atoms with Gasteiger partial charge in [0.2, 0.25) is 0 Å². The Bertz CT molecular complexity index is 607. The summed E-state index contributed by atoms with van der Waals surface area (Å²) < 4.78 is 41.0. The number of rotatable bonds is 3. The average Bonchev–Trinajstić information content (AvgIpc) is 2.73. The van der Waals surface area contributed by atoms with Crippen molar-refractivity contribution in [2.24, 2.45) is 0 Å². The van der Waals surface area contributed by atoms with Gasteiger partial charge in [0, 0.05) is 16.5 Å². The minimum Gasteiger partial charge on any atom is -0.406 e. The Morgan fingerprint density at radius 1 is 1.21 bits per heavy atom. The Morgan fingerprint density at radius 3 is 2.53 bits per heavy atom. The van der Waals surface area contributed by atoms with Gasteiger partial charge in [-0.15, -0.1) is 24.5 Å². The summed E-state index contributed by atoms with van der Waals surface area (Å²) in [5.41, 5.74) is 0.620. The molecule has 0 aliphatic heterocycles. The van der Waals surface area contributed by atoms with Crippen LogP contribution in [0.2, 0.25) is 0 Å². The van der Waals surface area contributed by atoms with E-state index < -0.39 is 12.1 Å². The Morgan fingerprint density at radius 2 is 1.95 bits per heavy atom. The van der Waals surface area contributed by atoms with Crippen LogP contribution in [0.4, 0.5) is 13.2 Å². The number of ether oxygens (including phenoxy) is 1. The van der Waals surface area contributed by atoms with Crippen molar-refractivity contribution < 1.29 is 22.7 Å². The topological polar surface area (TPSA) is 26.3 Å². The third kappa shape index (κ3) is 3.93. The second-order valence-electron chi connectivity index (χ2n) is 3.54. The normalized spacial score (nSPS) is 11.4. The van der Waals surface area contributed by atoms with Crippen LogP contribution in [0, 0.1) is 2.88 Å². The fraction of sp³-hybridized carbons (Fsp3) is 0.0833. The number of hydrogen-bond donors (Lipinski definition) is 0. The van der Waals surface area contributed by atoms with Gasteiger partial charge in [-0.3, -0.25) is 4.79 Å². The van der Waals surface area contributed by atoms with Crippen LogP contribution in [0.15, 0.2) is 35.7 Å². The van der Waals surface area contributed by atoms with Crippen LogP contribution in [0.1, 0.15) is 15.9 Å². The number of thiophene rings is 1. The van der Waals surface area contributed by atoms with E-state index in [1.54, 1.807) is 11.4 Å². The summed E-state index contributed by atoms with van der Waals surface area (Å²) in [6.45, 7) is 0. The van der Waals surface area contributed by atoms with E-state index in [1.807, 2.05) is 0 Å². The largest absolute Gasteiger partial charge is 0.573 e. The highest BCUT2D eigenvalue weighted by Crippen LogP contribution is 2.25. The van der Waals surface area contributed by atoms with Crippen LogP contribution >= 0.6 is 33.9 Å². The first-order chi connectivity index (χ1) is 8.85. The maximum Gasteiger partial charge on any atom is 0.573 e. The molecule has 0 aliphatic carbocycles. The maximum atomic E-state index is 12.1. The zero-order chi connectivity index (χ0) is 14.0. The Hall–Kier alpha value is -1.09. The first kappa shape index (κ1) is 14.3. The molecule has 2 nitrogen and oxygen atoms in total.